The standard InChI is InChI=1S/C23H26Br4Cl2O2/c1-21(2,28)11-30-19-15(24)7-13(8-16(19)25)23(5,6)14-9-17(26)20(18(27)10-14)31-12-22(3,4)29/h7-10H,11-12H2,1-6H3. The van der Waals surface area contributed by atoms with E-state index < -0.39 is 9.75 Å². The number of hydrogen-bond acceptors (Lipinski definition) is 2. The highest BCUT2D eigenvalue weighted by molar-refractivity contribution is 9.11. The Morgan fingerprint density at radius 2 is 0.871 bits per heavy atom. The normalized spacial score (nSPS) is 12.8. The molecular formula is C23H26Br4Cl2O2. The molecule has 0 heterocycles. The van der Waals surface area contributed by atoms with Crippen LogP contribution in [0.2, 0.25) is 0 Å². The Balaban J connectivity index is 2.38. The van der Waals surface area contributed by atoms with Crippen LogP contribution in [0.3, 0.4) is 0 Å². The van der Waals surface area contributed by atoms with Gasteiger partial charge in [-0.25, -0.2) is 0 Å². The van der Waals surface area contributed by atoms with Gasteiger partial charge in [0.2, 0.25) is 0 Å². The summed E-state index contributed by atoms with van der Waals surface area (Å²) in [4.78, 5) is -0.893. The molecule has 0 bridgehead atoms. The zero-order valence-electron chi connectivity index (χ0n) is 18.3. The van der Waals surface area contributed by atoms with E-state index >= 15 is 0 Å². The van der Waals surface area contributed by atoms with Crippen LogP contribution in [-0.4, -0.2) is 23.0 Å². The van der Waals surface area contributed by atoms with E-state index in [-0.39, 0.29) is 5.41 Å². The molecule has 0 unspecified atom stereocenters. The van der Waals surface area contributed by atoms with Gasteiger partial charge < -0.3 is 9.47 Å². The van der Waals surface area contributed by atoms with Gasteiger partial charge in [-0.05, 0) is 127 Å². The number of benzene rings is 2. The summed E-state index contributed by atoms with van der Waals surface area (Å²) in [5.74, 6) is 1.48. The highest BCUT2D eigenvalue weighted by Crippen LogP contribution is 2.44. The molecule has 0 aliphatic heterocycles. The minimum atomic E-state index is -0.447. The second-order valence-electron chi connectivity index (χ2n) is 9.18. The number of hydrogen-bond donors (Lipinski definition) is 0. The van der Waals surface area contributed by atoms with Gasteiger partial charge in [-0.2, -0.15) is 0 Å². The van der Waals surface area contributed by atoms with Gasteiger partial charge in [0.25, 0.3) is 0 Å². The fourth-order valence-corrected chi connectivity index (χ4v) is 5.71. The van der Waals surface area contributed by atoms with Gasteiger partial charge in [0.15, 0.2) is 0 Å². The molecule has 8 heteroatoms. The molecule has 0 aliphatic carbocycles. The van der Waals surface area contributed by atoms with Crippen molar-refractivity contribution < 1.29 is 9.47 Å². The van der Waals surface area contributed by atoms with Crippen molar-refractivity contribution in [2.75, 3.05) is 13.2 Å². The van der Waals surface area contributed by atoms with Crippen molar-refractivity contribution in [1.82, 2.24) is 0 Å². The Bertz CT molecular complexity index is 826. The van der Waals surface area contributed by atoms with Crippen LogP contribution < -0.4 is 9.47 Å². The molecule has 172 valence electrons. The van der Waals surface area contributed by atoms with Crippen molar-refractivity contribution in [2.45, 2.75) is 56.7 Å². The van der Waals surface area contributed by atoms with Crippen molar-refractivity contribution in [3.8, 4) is 11.5 Å². The fourth-order valence-electron chi connectivity index (χ4n) is 2.77. The third kappa shape index (κ3) is 7.78. The molecule has 2 rings (SSSR count). The lowest BCUT2D eigenvalue weighted by molar-refractivity contribution is 0.280. The minimum absolute atomic E-state index is 0.287. The second-order valence-corrected chi connectivity index (χ2v) is 14.6. The van der Waals surface area contributed by atoms with Crippen molar-refractivity contribution in [2.24, 2.45) is 0 Å². The predicted octanol–water partition coefficient (Wildman–Crippen LogP) is 9.85. The van der Waals surface area contributed by atoms with E-state index in [1.54, 1.807) is 0 Å². The SMILES string of the molecule is CC(C)(Cl)COc1c(Br)cc(C(C)(C)c2cc(Br)c(OCC(C)(C)Cl)c(Br)c2)cc1Br. The van der Waals surface area contributed by atoms with Gasteiger partial charge in [0.1, 0.15) is 24.7 Å². The number of halogens is 6. The first-order valence-corrected chi connectivity index (χ1v) is 13.6. The monoisotopic (exact) mass is 720 g/mol. The molecule has 2 aromatic rings. The lowest BCUT2D eigenvalue weighted by Gasteiger charge is -2.29. The topological polar surface area (TPSA) is 18.5 Å². The Morgan fingerprint density at radius 1 is 0.613 bits per heavy atom. The molecule has 2 aromatic carbocycles. The molecule has 0 radical (unpaired) electrons. The van der Waals surface area contributed by atoms with E-state index in [1.165, 1.54) is 0 Å². The summed E-state index contributed by atoms with van der Waals surface area (Å²) in [7, 11) is 0. The van der Waals surface area contributed by atoms with E-state index in [1.807, 2.05) is 27.7 Å². The van der Waals surface area contributed by atoms with E-state index in [0.717, 1.165) is 40.5 Å². The molecule has 0 spiro atoms. The van der Waals surface area contributed by atoms with Crippen LogP contribution in [0.15, 0.2) is 42.2 Å². The van der Waals surface area contributed by atoms with Gasteiger partial charge in [0, 0.05) is 5.41 Å². The molecule has 0 N–H and O–H groups in total. The Morgan fingerprint density at radius 3 is 1.10 bits per heavy atom. The molecule has 31 heavy (non-hydrogen) atoms. The largest absolute Gasteiger partial charge is 0.489 e. The summed E-state index contributed by atoms with van der Waals surface area (Å²) in [5.41, 5.74) is 1.96. The first-order valence-electron chi connectivity index (χ1n) is 9.64. The van der Waals surface area contributed by atoms with Crippen molar-refractivity contribution >= 4 is 86.9 Å². The molecule has 0 aromatic heterocycles. The first kappa shape index (κ1) is 27.8. The third-order valence-corrected chi connectivity index (χ3v) is 7.13. The van der Waals surface area contributed by atoms with Crippen molar-refractivity contribution in [3.63, 3.8) is 0 Å². The molecule has 0 saturated heterocycles. The Kier molecular flexibility index (Phi) is 9.35. The van der Waals surface area contributed by atoms with E-state index in [9.17, 15) is 0 Å². The van der Waals surface area contributed by atoms with Gasteiger partial charge in [-0.15, -0.1) is 23.2 Å². The lowest BCUT2D eigenvalue weighted by Crippen LogP contribution is -2.23. The molecule has 0 saturated carbocycles. The van der Waals surface area contributed by atoms with Crippen LogP contribution >= 0.6 is 86.9 Å². The summed E-state index contributed by atoms with van der Waals surface area (Å²) < 4.78 is 15.4. The maximum absolute atomic E-state index is 6.28. The van der Waals surface area contributed by atoms with Gasteiger partial charge >= 0.3 is 0 Å². The average Bonchev–Trinajstić information content (AvgIpc) is 2.58. The van der Waals surface area contributed by atoms with Crippen LogP contribution in [-0.2, 0) is 5.41 Å². The zero-order valence-corrected chi connectivity index (χ0v) is 26.2. The maximum Gasteiger partial charge on any atom is 0.147 e. The Labute approximate surface area is 229 Å². The highest BCUT2D eigenvalue weighted by atomic mass is 79.9. The van der Waals surface area contributed by atoms with Crippen LogP contribution in [0.5, 0.6) is 11.5 Å². The third-order valence-electron chi connectivity index (χ3n) is 4.56. The summed E-state index contributed by atoms with van der Waals surface area (Å²) in [6.45, 7) is 12.8. The predicted molar refractivity (Wildman–Crippen MR) is 147 cm³/mol. The van der Waals surface area contributed by atoms with Crippen molar-refractivity contribution in [3.05, 3.63) is 53.3 Å². The van der Waals surface area contributed by atoms with Gasteiger partial charge in [-0.1, -0.05) is 13.8 Å². The Hall–Kier alpha value is 0.540. The van der Waals surface area contributed by atoms with Gasteiger partial charge in [0.05, 0.1) is 27.6 Å². The molecule has 2 nitrogen and oxygen atoms in total. The summed E-state index contributed by atoms with van der Waals surface area (Å²) in [6.07, 6.45) is 0. The summed E-state index contributed by atoms with van der Waals surface area (Å²) >= 11 is 27.2. The van der Waals surface area contributed by atoms with E-state index in [4.69, 9.17) is 32.7 Å². The van der Waals surface area contributed by atoms with Crippen LogP contribution in [0, 0.1) is 0 Å². The fraction of sp³-hybridized carbons (Fsp3) is 0.478. The van der Waals surface area contributed by atoms with Crippen LogP contribution in [0.1, 0.15) is 52.7 Å². The molecule has 0 atom stereocenters. The summed E-state index contributed by atoms with van der Waals surface area (Å²) in [6, 6.07) is 8.35. The lowest BCUT2D eigenvalue weighted by atomic mass is 9.78. The average molecular weight is 725 g/mol. The quantitative estimate of drug-likeness (QED) is 0.253. The van der Waals surface area contributed by atoms with E-state index in [2.05, 4.69) is 102 Å². The van der Waals surface area contributed by atoms with Crippen LogP contribution in [0.4, 0.5) is 0 Å². The maximum atomic E-state index is 6.28. The minimum Gasteiger partial charge on any atom is -0.489 e. The summed E-state index contributed by atoms with van der Waals surface area (Å²) in [5, 5.41) is 0. The smallest absolute Gasteiger partial charge is 0.147 e. The molecule has 0 aliphatic rings. The molecule has 0 fully saturated rings. The number of ether oxygens (including phenoxy) is 2. The zero-order chi connectivity index (χ0) is 23.8. The second kappa shape index (κ2) is 10.4. The molecular weight excluding hydrogens is 699 g/mol. The number of rotatable bonds is 8. The van der Waals surface area contributed by atoms with Crippen molar-refractivity contribution in [1.29, 1.82) is 0 Å². The van der Waals surface area contributed by atoms with E-state index in [0.29, 0.717) is 13.2 Å². The highest BCUT2D eigenvalue weighted by Gasteiger charge is 2.28. The number of alkyl halides is 2. The van der Waals surface area contributed by atoms with Crippen LogP contribution in [0.25, 0.3) is 0 Å². The van der Waals surface area contributed by atoms with Gasteiger partial charge in [-0.3, -0.25) is 0 Å². The molecule has 0 amide bonds. The first-order chi connectivity index (χ1) is 14.0.